The third kappa shape index (κ3) is 2.70. The highest BCUT2D eigenvalue weighted by Crippen LogP contribution is 2.23. The second kappa shape index (κ2) is 5.58. The molecule has 0 saturated carbocycles. The van der Waals surface area contributed by atoms with Crippen LogP contribution in [0.15, 0.2) is 5.16 Å². The van der Waals surface area contributed by atoms with Gasteiger partial charge < -0.3 is 9.94 Å². The summed E-state index contributed by atoms with van der Waals surface area (Å²) in [7, 11) is 0. The predicted molar refractivity (Wildman–Crippen MR) is 46.6 cm³/mol. The van der Waals surface area contributed by atoms with Gasteiger partial charge in [-0.05, 0) is 0 Å². The van der Waals surface area contributed by atoms with Crippen LogP contribution in [0.4, 0.5) is 22.0 Å². The fourth-order valence-electron chi connectivity index (χ4n) is 0.965. The number of aliphatic hydroxyl groups is 1. The van der Waals surface area contributed by atoms with Crippen molar-refractivity contribution in [1.82, 2.24) is 0 Å². The zero-order valence-electron chi connectivity index (χ0n) is 8.18. The van der Waals surface area contributed by atoms with Crippen LogP contribution in [0.25, 0.3) is 0 Å². The van der Waals surface area contributed by atoms with E-state index in [2.05, 4.69) is 9.99 Å². The molecule has 0 fully saturated rings. The standard InChI is InChI=1S/C9H6F5NO2/c10-5-4(3-17-15-1-2-16)6(11)8(13)9(14)7(5)12/h1,16H,2-3H2/b15-1+. The molecular weight excluding hydrogens is 249 g/mol. The minimum Gasteiger partial charge on any atom is -0.391 e. The van der Waals surface area contributed by atoms with Gasteiger partial charge in [-0.3, -0.25) is 0 Å². The second-order valence-corrected chi connectivity index (χ2v) is 2.79. The van der Waals surface area contributed by atoms with Crippen molar-refractivity contribution in [3.63, 3.8) is 0 Å². The average molecular weight is 255 g/mol. The van der Waals surface area contributed by atoms with E-state index in [-0.39, 0.29) is 0 Å². The van der Waals surface area contributed by atoms with Crippen LogP contribution in [-0.2, 0) is 11.4 Å². The van der Waals surface area contributed by atoms with E-state index in [0.29, 0.717) is 0 Å². The van der Waals surface area contributed by atoms with Crippen molar-refractivity contribution < 1.29 is 31.9 Å². The quantitative estimate of drug-likeness (QED) is 0.293. The van der Waals surface area contributed by atoms with Gasteiger partial charge in [0.05, 0.1) is 18.4 Å². The molecule has 0 aliphatic rings. The molecule has 0 aliphatic heterocycles. The van der Waals surface area contributed by atoms with Gasteiger partial charge in [0.1, 0.15) is 6.61 Å². The largest absolute Gasteiger partial charge is 0.391 e. The summed E-state index contributed by atoms with van der Waals surface area (Å²) in [6.07, 6.45) is 0.839. The lowest BCUT2D eigenvalue weighted by molar-refractivity contribution is 0.122. The van der Waals surface area contributed by atoms with Crippen LogP contribution in [0.5, 0.6) is 0 Å². The van der Waals surface area contributed by atoms with Crippen molar-refractivity contribution >= 4 is 6.21 Å². The van der Waals surface area contributed by atoms with E-state index in [1.165, 1.54) is 0 Å². The Bertz CT molecular complexity index is 420. The molecule has 1 rings (SSSR count). The zero-order chi connectivity index (χ0) is 13.0. The molecule has 0 aliphatic carbocycles. The SMILES string of the molecule is OC/C=N/OCc1c(F)c(F)c(F)c(F)c1F. The van der Waals surface area contributed by atoms with Gasteiger partial charge >= 0.3 is 0 Å². The number of nitrogens with zero attached hydrogens (tertiary/aromatic N) is 1. The minimum atomic E-state index is -2.23. The Morgan fingerprint density at radius 1 is 0.941 bits per heavy atom. The van der Waals surface area contributed by atoms with Crippen molar-refractivity contribution in [2.24, 2.45) is 5.16 Å². The molecule has 0 heterocycles. The summed E-state index contributed by atoms with van der Waals surface area (Å²) in [5, 5.41) is 11.3. The molecule has 17 heavy (non-hydrogen) atoms. The van der Waals surface area contributed by atoms with Crippen molar-refractivity contribution in [2.75, 3.05) is 6.61 Å². The molecule has 1 aromatic rings. The van der Waals surface area contributed by atoms with E-state index in [0.717, 1.165) is 6.21 Å². The molecule has 0 bridgehead atoms. The van der Waals surface area contributed by atoms with Crippen molar-refractivity contribution in [3.05, 3.63) is 34.6 Å². The zero-order valence-corrected chi connectivity index (χ0v) is 8.18. The van der Waals surface area contributed by atoms with E-state index < -0.39 is 47.9 Å². The first kappa shape index (κ1) is 13.4. The maximum atomic E-state index is 13.0. The van der Waals surface area contributed by atoms with E-state index in [4.69, 9.17) is 5.11 Å². The summed E-state index contributed by atoms with van der Waals surface area (Å²) < 4.78 is 64.0. The van der Waals surface area contributed by atoms with Gasteiger partial charge in [-0.15, -0.1) is 0 Å². The van der Waals surface area contributed by atoms with E-state index in [1.807, 2.05) is 0 Å². The number of benzene rings is 1. The first-order valence-corrected chi connectivity index (χ1v) is 4.25. The fourth-order valence-corrected chi connectivity index (χ4v) is 0.965. The summed E-state index contributed by atoms with van der Waals surface area (Å²) in [5.74, 6) is -10.3. The molecule has 0 amide bonds. The third-order valence-electron chi connectivity index (χ3n) is 1.74. The molecule has 94 valence electrons. The summed E-state index contributed by atoms with van der Waals surface area (Å²) >= 11 is 0. The number of hydrogen-bond acceptors (Lipinski definition) is 3. The third-order valence-corrected chi connectivity index (χ3v) is 1.74. The molecule has 0 unspecified atom stereocenters. The molecular formula is C9H6F5NO2. The molecule has 0 saturated heterocycles. The maximum Gasteiger partial charge on any atom is 0.200 e. The number of rotatable bonds is 4. The Labute approximate surface area is 92.1 Å². The van der Waals surface area contributed by atoms with E-state index in [9.17, 15) is 22.0 Å². The van der Waals surface area contributed by atoms with Gasteiger partial charge in [0, 0.05) is 0 Å². The molecule has 1 aromatic carbocycles. The normalized spacial score (nSPS) is 11.2. The minimum absolute atomic E-state index is 0.489. The van der Waals surface area contributed by atoms with Gasteiger partial charge in [-0.2, -0.15) is 0 Å². The Morgan fingerprint density at radius 3 is 1.88 bits per heavy atom. The second-order valence-electron chi connectivity index (χ2n) is 2.79. The van der Waals surface area contributed by atoms with Gasteiger partial charge in [-0.25, -0.2) is 22.0 Å². The molecule has 1 N–H and O–H groups in total. The Morgan fingerprint density at radius 2 is 1.41 bits per heavy atom. The van der Waals surface area contributed by atoms with E-state index in [1.54, 1.807) is 0 Å². The summed E-state index contributed by atoms with van der Waals surface area (Å²) in [6.45, 7) is -1.43. The van der Waals surface area contributed by atoms with Crippen LogP contribution >= 0.6 is 0 Å². The van der Waals surface area contributed by atoms with Crippen LogP contribution in [0, 0.1) is 29.1 Å². The van der Waals surface area contributed by atoms with Crippen LogP contribution in [0.2, 0.25) is 0 Å². The van der Waals surface area contributed by atoms with Gasteiger partial charge in [0.25, 0.3) is 0 Å². The predicted octanol–water partition coefficient (Wildman–Crippen LogP) is 1.88. The first-order chi connectivity index (χ1) is 8.00. The monoisotopic (exact) mass is 255 g/mol. The maximum absolute atomic E-state index is 13.0. The Balaban J connectivity index is 3.03. The summed E-state index contributed by atoms with van der Waals surface area (Å²) in [6, 6.07) is 0. The van der Waals surface area contributed by atoms with Crippen LogP contribution < -0.4 is 0 Å². The summed E-state index contributed by atoms with van der Waals surface area (Å²) in [4.78, 5) is 4.25. The smallest absolute Gasteiger partial charge is 0.200 e. The number of halogens is 5. The van der Waals surface area contributed by atoms with Crippen molar-refractivity contribution in [3.8, 4) is 0 Å². The molecule has 0 atom stereocenters. The highest BCUT2D eigenvalue weighted by molar-refractivity contribution is 5.57. The highest BCUT2D eigenvalue weighted by Gasteiger charge is 2.25. The number of oxime groups is 1. The highest BCUT2D eigenvalue weighted by atomic mass is 19.2. The fraction of sp³-hybridized carbons (Fsp3) is 0.222. The summed E-state index contributed by atoms with van der Waals surface area (Å²) in [5.41, 5.74) is -1.13. The lowest BCUT2D eigenvalue weighted by atomic mass is 10.2. The molecule has 8 heteroatoms. The number of hydrogen-bond donors (Lipinski definition) is 1. The average Bonchev–Trinajstić information content (AvgIpc) is 2.33. The van der Waals surface area contributed by atoms with Gasteiger partial charge in [0.15, 0.2) is 23.3 Å². The Kier molecular flexibility index (Phi) is 4.38. The van der Waals surface area contributed by atoms with E-state index >= 15 is 0 Å². The van der Waals surface area contributed by atoms with Crippen molar-refractivity contribution in [1.29, 1.82) is 0 Å². The Hall–Kier alpha value is -1.70. The van der Waals surface area contributed by atoms with Crippen molar-refractivity contribution in [2.45, 2.75) is 6.61 Å². The van der Waals surface area contributed by atoms with Crippen LogP contribution in [0.1, 0.15) is 5.56 Å². The topological polar surface area (TPSA) is 41.8 Å². The first-order valence-electron chi connectivity index (χ1n) is 4.25. The van der Waals surface area contributed by atoms with Gasteiger partial charge in [-0.1, -0.05) is 5.16 Å². The molecule has 0 spiro atoms. The van der Waals surface area contributed by atoms with Crippen LogP contribution in [0.3, 0.4) is 0 Å². The lowest BCUT2D eigenvalue weighted by Gasteiger charge is -2.06. The van der Waals surface area contributed by atoms with Crippen LogP contribution in [-0.4, -0.2) is 17.9 Å². The van der Waals surface area contributed by atoms with Gasteiger partial charge in [0.2, 0.25) is 5.82 Å². The molecule has 0 aromatic heterocycles. The lowest BCUT2D eigenvalue weighted by Crippen LogP contribution is -2.07. The molecule has 3 nitrogen and oxygen atoms in total. The molecule has 0 radical (unpaired) electrons. The number of aliphatic hydroxyl groups excluding tert-OH is 1.